The third kappa shape index (κ3) is 2.99. The average Bonchev–Trinajstić information content (AvgIpc) is 2.89. The van der Waals surface area contributed by atoms with Gasteiger partial charge in [0.05, 0.1) is 6.54 Å². The van der Waals surface area contributed by atoms with Crippen LogP contribution in [0.1, 0.15) is 24.3 Å². The van der Waals surface area contributed by atoms with Crippen LogP contribution in [0.4, 0.5) is 0 Å². The summed E-state index contributed by atoms with van der Waals surface area (Å²) in [7, 11) is 0. The number of thiophene rings is 1. The van der Waals surface area contributed by atoms with Gasteiger partial charge in [-0.1, -0.05) is 36.4 Å². The SMILES string of the molecule is CC(C)N(Cc1cccs1)C(=N)c1ccccc1. The number of benzene rings is 1. The Kier molecular flexibility index (Phi) is 4.15. The first kappa shape index (κ1) is 12.8. The van der Waals surface area contributed by atoms with E-state index in [-0.39, 0.29) is 0 Å². The summed E-state index contributed by atoms with van der Waals surface area (Å²) in [6, 6.07) is 14.4. The van der Waals surface area contributed by atoms with E-state index in [4.69, 9.17) is 5.41 Å². The average molecular weight is 258 g/mol. The van der Waals surface area contributed by atoms with Crippen LogP contribution in [0.2, 0.25) is 0 Å². The number of amidine groups is 1. The van der Waals surface area contributed by atoms with E-state index in [0.717, 1.165) is 12.1 Å². The number of nitrogens with zero attached hydrogens (tertiary/aromatic N) is 1. The van der Waals surface area contributed by atoms with E-state index in [2.05, 4.69) is 36.3 Å². The van der Waals surface area contributed by atoms with E-state index in [9.17, 15) is 0 Å². The highest BCUT2D eigenvalue weighted by Gasteiger charge is 2.15. The molecule has 18 heavy (non-hydrogen) atoms. The van der Waals surface area contributed by atoms with Crippen molar-refractivity contribution < 1.29 is 0 Å². The Balaban J connectivity index is 2.18. The smallest absolute Gasteiger partial charge is 0.128 e. The maximum Gasteiger partial charge on any atom is 0.128 e. The Morgan fingerprint density at radius 3 is 2.44 bits per heavy atom. The molecule has 2 aromatic rings. The highest BCUT2D eigenvalue weighted by Crippen LogP contribution is 2.16. The van der Waals surface area contributed by atoms with Crippen LogP contribution >= 0.6 is 11.3 Å². The number of rotatable bonds is 4. The maximum atomic E-state index is 8.35. The molecule has 0 unspecified atom stereocenters. The van der Waals surface area contributed by atoms with Crippen LogP contribution < -0.4 is 0 Å². The minimum absolute atomic E-state index is 0.319. The molecule has 0 aliphatic carbocycles. The van der Waals surface area contributed by atoms with Crippen molar-refractivity contribution in [2.75, 3.05) is 0 Å². The third-order valence-electron chi connectivity index (χ3n) is 2.86. The molecule has 1 heterocycles. The molecule has 0 saturated carbocycles. The fourth-order valence-electron chi connectivity index (χ4n) is 1.85. The molecule has 0 bridgehead atoms. The molecule has 0 saturated heterocycles. The highest BCUT2D eigenvalue weighted by molar-refractivity contribution is 7.09. The van der Waals surface area contributed by atoms with Gasteiger partial charge in [-0.05, 0) is 25.3 Å². The lowest BCUT2D eigenvalue weighted by Gasteiger charge is -2.29. The molecular weight excluding hydrogens is 240 g/mol. The van der Waals surface area contributed by atoms with Gasteiger partial charge in [-0.3, -0.25) is 5.41 Å². The van der Waals surface area contributed by atoms with E-state index in [1.54, 1.807) is 11.3 Å². The topological polar surface area (TPSA) is 27.1 Å². The third-order valence-corrected chi connectivity index (χ3v) is 3.73. The Labute approximate surface area is 112 Å². The van der Waals surface area contributed by atoms with Gasteiger partial charge in [-0.25, -0.2) is 0 Å². The Morgan fingerprint density at radius 1 is 1.17 bits per heavy atom. The minimum Gasteiger partial charge on any atom is -0.349 e. The van der Waals surface area contributed by atoms with E-state index < -0.39 is 0 Å². The lowest BCUT2D eigenvalue weighted by Crippen LogP contribution is -2.36. The lowest BCUT2D eigenvalue weighted by atomic mass is 10.1. The molecule has 94 valence electrons. The van der Waals surface area contributed by atoms with Crippen LogP contribution in [0.3, 0.4) is 0 Å². The van der Waals surface area contributed by atoms with Crippen molar-refractivity contribution in [1.29, 1.82) is 5.41 Å². The first-order valence-electron chi connectivity index (χ1n) is 6.11. The van der Waals surface area contributed by atoms with Crippen LogP contribution in [-0.4, -0.2) is 16.8 Å². The molecule has 0 aliphatic rings. The van der Waals surface area contributed by atoms with Crippen molar-refractivity contribution in [3.8, 4) is 0 Å². The van der Waals surface area contributed by atoms with E-state index in [1.807, 2.05) is 30.3 Å². The molecule has 0 amide bonds. The normalized spacial score (nSPS) is 10.6. The largest absolute Gasteiger partial charge is 0.349 e. The first-order valence-corrected chi connectivity index (χ1v) is 6.99. The summed E-state index contributed by atoms with van der Waals surface area (Å²) in [5.74, 6) is 0.596. The number of hydrogen-bond donors (Lipinski definition) is 1. The Morgan fingerprint density at radius 2 is 1.89 bits per heavy atom. The van der Waals surface area contributed by atoms with Crippen molar-refractivity contribution in [1.82, 2.24) is 4.90 Å². The van der Waals surface area contributed by atoms with Gasteiger partial charge >= 0.3 is 0 Å². The van der Waals surface area contributed by atoms with Gasteiger partial charge in [0.25, 0.3) is 0 Å². The van der Waals surface area contributed by atoms with Crippen LogP contribution in [0.15, 0.2) is 47.8 Å². The highest BCUT2D eigenvalue weighted by atomic mass is 32.1. The van der Waals surface area contributed by atoms with E-state index in [0.29, 0.717) is 11.9 Å². The molecule has 1 aromatic carbocycles. The first-order chi connectivity index (χ1) is 8.68. The lowest BCUT2D eigenvalue weighted by molar-refractivity contribution is 0.344. The van der Waals surface area contributed by atoms with Gasteiger partial charge < -0.3 is 4.90 Å². The molecule has 1 aromatic heterocycles. The quantitative estimate of drug-likeness (QED) is 0.651. The summed E-state index contributed by atoms with van der Waals surface area (Å²) in [6.07, 6.45) is 0. The zero-order valence-corrected chi connectivity index (χ0v) is 11.6. The number of nitrogens with one attached hydrogen (secondary N) is 1. The van der Waals surface area contributed by atoms with Crippen molar-refractivity contribution in [3.63, 3.8) is 0 Å². The monoisotopic (exact) mass is 258 g/mol. The van der Waals surface area contributed by atoms with Crippen LogP contribution in [0.5, 0.6) is 0 Å². The fourth-order valence-corrected chi connectivity index (χ4v) is 2.55. The molecule has 0 radical (unpaired) electrons. The zero-order chi connectivity index (χ0) is 13.0. The molecular formula is C15H18N2S. The van der Waals surface area contributed by atoms with E-state index in [1.165, 1.54) is 4.88 Å². The predicted molar refractivity (Wildman–Crippen MR) is 78.3 cm³/mol. The Bertz CT molecular complexity index is 488. The molecule has 0 atom stereocenters. The van der Waals surface area contributed by atoms with Crippen molar-refractivity contribution in [3.05, 3.63) is 58.3 Å². The molecule has 1 N–H and O–H groups in total. The second-order valence-electron chi connectivity index (χ2n) is 4.52. The van der Waals surface area contributed by atoms with Crippen LogP contribution in [0.25, 0.3) is 0 Å². The predicted octanol–water partition coefficient (Wildman–Crippen LogP) is 3.98. The van der Waals surface area contributed by atoms with Crippen LogP contribution in [-0.2, 0) is 6.54 Å². The van der Waals surface area contributed by atoms with Crippen molar-refractivity contribution in [2.45, 2.75) is 26.4 Å². The molecule has 0 fully saturated rings. The summed E-state index contributed by atoms with van der Waals surface area (Å²) >= 11 is 1.74. The van der Waals surface area contributed by atoms with Crippen LogP contribution in [0, 0.1) is 5.41 Å². The summed E-state index contributed by atoms with van der Waals surface area (Å²) in [5.41, 5.74) is 0.975. The second-order valence-corrected chi connectivity index (χ2v) is 5.55. The van der Waals surface area contributed by atoms with Gasteiger partial charge in [-0.15, -0.1) is 11.3 Å². The van der Waals surface area contributed by atoms with Crippen molar-refractivity contribution >= 4 is 17.2 Å². The zero-order valence-electron chi connectivity index (χ0n) is 10.8. The molecule has 3 heteroatoms. The fraction of sp³-hybridized carbons (Fsp3) is 0.267. The summed E-state index contributed by atoms with van der Waals surface area (Å²) in [4.78, 5) is 3.42. The van der Waals surface area contributed by atoms with Gasteiger partial charge in [0.15, 0.2) is 0 Å². The van der Waals surface area contributed by atoms with Gasteiger partial charge in [0.2, 0.25) is 0 Å². The summed E-state index contributed by atoms with van der Waals surface area (Å²) in [5, 5.41) is 10.4. The Hall–Kier alpha value is -1.61. The minimum atomic E-state index is 0.319. The van der Waals surface area contributed by atoms with Crippen molar-refractivity contribution in [2.24, 2.45) is 0 Å². The summed E-state index contributed by atoms with van der Waals surface area (Å²) in [6.45, 7) is 5.07. The second kappa shape index (κ2) is 5.83. The standard InChI is InChI=1S/C15H18N2S/c1-12(2)17(11-14-9-6-10-18-14)15(16)13-7-4-3-5-8-13/h3-10,12,16H,11H2,1-2H3. The maximum absolute atomic E-state index is 8.35. The number of hydrogen-bond acceptors (Lipinski definition) is 2. The van der Waals surface area contributed by atoms with Gasteiger partial charge in [0, 0.05) is 16.5 Å². The molecule has 0 aliphatic heterocycles. The molecule has 0 spiro atoms. The summed E-state index contributed by atoms with van der Waals surface area (Å²) < 4.78 is 0. The molecule has 2 nitrogen and oxygen atoms in total. The molecule has 2 rings (SSSR count). The van der Waals surface area contributed by atoms with Gasteiger partial charge in [0.1, 0.15) is 5.84 Å². The van der Waals surface area contributed by atoms with Gasteiger partial charge in [-0.2, -0.15) is 0 Å². The van der Waals surface area contributed by atoms with E-state index >= 15 is 0 Å².